The maximum Gasteiger partial charge on any atom is 0.317 e. The number of likely N-dealkylation sites (tertiary alicyclic amines) is 1. The molecule has 0 saturated carbocycles. The molecule has 1 saturated heterocycles. The van der Waals surface area contributed by atoms with Crippen molar-refractivity contribution in [2.24, 2.45) is 5.92 Å². The molecular formula is C12H24N2OS. The Morgan fingerprint density at radius 1 is 1.56 bits per heavy atom. The molecule has 1 heterocycles. The van der Waals surface area contributed by atoms with E-state index in [1.54, 1.807) is 11.8 Å². The van der Waals surface area contributed by atoms with Gasteiger partial charge in [0.1, 0.15) is 0 Å². The maximum absolute atomic E-state index is 12.0. The SMILES string of the molecule is CSC[C@H](C)NC(=O)N1CCC[C@@H](C)[C@H]1C. The summed E-state index contributed by atoms with van der Waals surface area (Å²) < 4.78 is 0. The zero-order valence-electron chi connectivity index (χ0n) is 10.8. The van der Waals surface area contributed by atoms with Crippen LogP contribution in [0.3, 0.4) is 0 Å². The molecule has 2 amide bonds. The molecule has 0 aromatic heterocycles. The second-order valence-corrected chi connectivity index (χ2v) is 5.77. The number of thioether (sulfide) groups is 1. The molecule has 1 fully saturated rings. The molecule has 4 heteroatoms. The zero-order chi connectivity index (χ0) is 12.1. The van der Waals surface area contributed by atoms with E-state index in [0.717, 1.165) is 18.7 Å². The van der Waals surface area contributed by atoms with Crippen molar-refractivity contribution in [2.75, 3.05) is 18.6 Å². The fraction of sp³-hybridized carbons (Fsp3) is 0.917. The van der Waals surface area contributed by atoms with E-state index < -0.39 is 0 Å². The van der Waals surface area contributed by atoms with E-state index in [1.807, 2.05) is 4.90 Å². The Balaban J connectivity index is 2.46. The van der Waals surface area contributed by atoms with Gasteiger partial charge in [0.05, 0.1) is 0 Å². The number of hydrogen-bond acceptors (Lipinski definition) is 2. The monoisotopic (exact) mass is 244 g/mol. The summed E-state index contributed by atoms with van der Waals surface area (Å²) in [5.74, 6) is 1.60. The predicted octanol–water partition coefficient (Wildman–Crippen LogP) is 2.57. The number of piperidine rings is 1. The highest BCUT2D eigenvalue weighted by atomic mass is 32.2. The van der Waals surface area contributed by atoms with Crippen LogP contribution in [0.15, 0.2) is 0 Å². The van der Waals surface area contributed by atoms with Crippen LogP contribution in [0, 0.1) is 5.92 Å². The van der Waals surface area contributed by atoms with Gasteiger partial charge in [-0.2, -0.15) is 11.8 Å². The summed E-state index contributed by atoms with van der Waals surface area (Å²) in [5, 5.41) is 3.07. The molecule has 0 bridgehead atoms. The van der Waals surface area contributed by atoms with Crippen LogP contribution in [0.2, 0.25) is 0 Å². The highest BCUT2D eigenvalue weighted by Gasteiger charge is 2.28. The molecule has 1 rings (SSSR count). The van der Waals surface area contributed by atoms with Crippen molar-refractivity contribution in [3.8, 4) is 0 Å². The molecule has 16 heavy (non-hydrogen) atoms. The summed E-state index contributed by atoms with van der Waals surface area (Å²) in [6.07, 6.45) is 4.44. The number of urea groups is 1. The molecule has 1 aliphatic rings. The third-order valence-corrected chi connectivity index (χ3v) is 4.25. The van der Waals surface area contributed by atoms with Crippen molar-refractivity contribution in [1.82, 2.24) is 10.2 Å². The van der Waals surface area contributed by atoms with Crippen LogP contribution in [0.25, 0.3) is 0 Å². The molecule has 0 aliphatic carbocycles. The lowest BCUT2D eigenvalue weighted by Gasteiger charge is -2.38. The van der Waals surface area contributed by atoms with Crippen LogP contribution in [-0.4, -0.2) is 41.6 Å². The van der Waals surface area contributed by atoms with Gasteiger partial charge in [-0.05, 0) is 38.9 Å². The summed E-state index contributed by atoms with van der Waals surface area (Å²) in [6, 6.07) is 0.739. The lowest BCUT2D eigenvalue weighted by molar-refractivity contribution is 0.127. The van der Waals surface area contributed by atoms with Crippen molar-refractivity contribution in [3.05, 3.63) is 0 Å². The summed E-state index contributed by atoms with van der Waals surface area (Å²) in [4.78, 5) is 14.0. The smallest absolute Gasteiger partial charge is 0.317 e. The lowest BCUT2D eigenvalue weighted by Crippen LogP contribution is -2.52. The summed E-state index contributed by atoms with van der Waals surface area (Å²) >= 11 is 1.77. The Morgan fingerprint density at radius 3 is 2.88 bits per heavy atom. The first kappa shape index (κ1) is 13.7. The molecule has 0 spiro atoms. The van der Waals surface area contributed by atoms with Gasteiger partial charge in [0.2, 0.25) is 0 Å². The minimum atomic E-state index is 0.112. The van der Waals surface area contributed by atoms with Crippen LogP contribution in [0.4, 0.5) is 4.79 Å². The van der Waals surface area contributed by atoms with E-state index >= 15 is 0 Å². The van der Waals surface area contributed by atoms with Crippen LogP contribution in [0.1, 0.15) is 33.6 Å². The van der Waals surface area contributed by atoms with Crippen molar-refractivity contribution in [1.29, 1.82) is 0 Å². The minimum Gasteiger partial charge on any atom is -0.335 e. The first-order chi connectivity index (χ1) is 7.56. The van der Waals surface area contributed by atoms with Gasteiger partial charge in [0, 0.05) is 24.4 Å². The van der Waals surface area contributed by atoms with E-state index in [9.17, 15) is 4.79 Å². The normalized spacial score (nSPS) is 27.6. The molecule has 0 aromatic carbocycles. The van der Waals surface area contributed by atoms with E-state index in [-0.39, 0.29) is 12.1 Å². The van der Waals surface area contributed by atoms with Gasteiger partial charge in [-0.1, -0.05) is 6.92 Å². The van der Waals surface area contributed by atoms with E-state index in [4.69, 9.17) is 0 Å². The van der Waals surface area contributed by atoms with Gasteiger partial charge in [-0.25, -0.2) is 4.79 Å². The van der Waals surface area contributed by atoms with Gasteiger partial charge in [0.25, 0.3) is 0 Å². The number of nitrogens with zero attached hydrogens (tertiary/aromatic N) is 1. The Labute approximate surface area is 103 Å². The highest BCUT2D eigenvalue weighted by Crippen LogP contribution is 2.22. The standard InChI is InChI=1S/C12H24N2OS/c1-9-6-5-7-14(11(9)3)12(15)13-10(2)8-16-4/h9-11H,5-8H2,1-4H3,(H,13,15)/t9-,10+,11-/m1/s1. The Kier molecular flexibility index (Phi) is 5.46. The Morgan fingerprint density at radius 2 is 2.25 bits per heavy atom. The topological polar surface area (TPSA) is 32.3 Å². The lowest BCUT2D eigenvalue weighted by atomic mass is 9.92. The van der Waals surface area contributed by atoms with Crippen LogP contribution >= 0.6 is 11.8 Å². The molecule has 3 nitrogen and oxygen atoms in total. The quantitative estimate of drug-likeness (QED) is 0.827. The third kappa shape index (κ3) is 3.58. The highest BCUT2D eigenvalue weighted by molar-refractivity contribution is 7.98. The second-order valence-electron chi connectivity index (χ2n) is 4.86. The maximum atomic E-state index is 12.0. The fourth-order valence-electron chi connectivity index (χ4n) is 2.21. The van der Waals surface area contributed by atoms with Crippen molar-refractivity contribution >= 4 is 17.8 Å². The minimum absolute atomic E-state index is 0.112. The number of hydrogen-bond donors (Lipinski definition) is 1. The second kappa shape index (κ2) is 6.38. The molecule has 1 N–H and O–H groups in total. The van der Waals surface area contributed by atoms with Crippen molar-refractivity contribution in [3.63, 3.8) is 0 Å². The average molecular weight is 244 g/mol. The van der Waals surface area contributed by atoms with E-state index in [0.29, 0.717) is 12.0 Å². The van der Waals surface area contributed by atoms with Crippen molar-refractivity contribution < 1.29 is 4.79 Å². The van der Waals surface area contributed by atoms with Gasteiger partial charge in [-0.3, -0.25) is 0 Å². The summed E-state index contributed by atoms with van der Waals surface area (Å²) in [7, 11) is 0. The Hall–Kier alpha value is -0.380. The molecule has 94 valence electrons. The number of carbonyl (C=O) groups is 1. The van der Waals surface area contributed by atoms with Crippen LogP contribution < -0.4 is 5.32 Å². The van der Waals surface area contributed by atoms with E-state index in [1.165, 1.54) is 6.42 Å². The van der Waals surface area contributed by atoms with Gasteiger partial charge >= 0.3 is 6.03 Å². The van der Waals surface area contributed by atoms with Crippen LogP contribution in [-0.2, 0) is 0 Å². The third-order valence-electron chi connectivity index (χ3n) is 3.42. The molecular weight excluding hydrogens is 220 g/mol. The molecule has 0 unspecified atom stereocenters. The van der Waals surface area contributed by atoms with Gasteiger partial charge in [0.15, 0.2) is 0 Å². The molecule has 0 aromatic rings. The summed E-state index contributed by atoms with van der Waals surface area (Å²) in [6.45, 7) is 7.36. The zero-order valence-corrected chi connectivity index (χ0v) is 11.6. The molecule has 0 radical (unpaired) electrons. The largest absolute Gasteiger partial charge is 0.335 e. The average Bonchev–Trinajstić information content (AvgIpc) is 2.22. The van der Waals surface area contributed by atoms with Crippen LogP contribution in [0.5, 0.6) is 0 Å². The molecule has 3 atom stereocenters. The van der Waals surface area contributed by atoms with E-state index in [2.05, 4.69) is 32.3 Å². The van der Waals surface area contributed by atoms with Gasteiger partial charge < -0.3 is 10.2 Å². The van der Waals surface area contributed by atoms with Gasteiger partial charge in [-0.15, -0.1) is 0 Å². The molecule has 1 aliphatic heterocycles. The summed E-state index contributed by atoms with van der Waals surface area (Å²) in [5.41, 5.74) is 0. The number of carbonyl (C=O) groups excluding carboxylic acids is 1. The first-order valence-corrected chi connectivity index (χ1v) is 7.51. The predicted molar refractivity (Wildman–Crippen MR) is 70.9 cm³/mol. The Bertz CT molecular complexity index is 235. The number of amides is 2. The number of nitrogens with one attached hydrogen (secondary N) is 1. The first-order valence-electron chi connectivity index (χ1n) is 6.12. The van der Waals surface area contributed by atoms with Crippen molar-refractivity contribution in [2.45, 2.75) is 45.7 Å². The fourth-order valence-corrected chi connectivity index (χ4v) is 2.79. The number of rotatable bonds is 3.